The number of aromatic nitrogens is 2. The molecule has 134 valence electrons. The molecule has 3 rings (SSSR count). The Morgan fingerprint density at radius 2 is 1.88 bits per heavy atom. The van der Waals surface area contributed by atoms with Gasteiger partial charge in [0, 0.05) is 24.6 Å². The Morgan fingerprint density at radius 1 is 1.04 bits per heavy atom. The number of carbonyl (C=O) groups is 2. The van der Waals surface area contributed by atoms with Gasteiger partial charge in [-0.2, -0.15) is 0 Å². The Balaban J connectivity index is 1.97. The zero-order valence-electron chi connectivity index (χ0n) is 14.3. The van der Waals surface area contributed by atoms with Crippen molar-refractivity contribution in [1.82, 2.24) is 9.97 Å². The van der Waals surface area contributed by atoms with Crippen LogP contribution >= 0.6 is 0 Å². The first kappa shape index (κ1) is 17.6. The second-order valence-corrected chi connectivity index (χ2v) is 5.37. The number of methoxy groups -OCH3 is 2. The first-order valence-electron chi connectivity index (χ1n) is 7.82. The van der Waals surface area contributed by atoms with Crippen LogP contribution in [0.5, 0.6) is 11.5 Å². The highest BCUT2D eigenvalue weighted by molar-refractivity contribution is 6.18. The van der Waals surface area contributed by atoms with Crippen LogP contribution in [0.3, 0.4) is 0 Å². The normalized spacial score (nSPS) is 13.7. The van der Waals surface area contributed by atoms with Gasteiger partial charge in [0.1, 0.15) is 18.8 Å². The van der Waals surface area contributed by atoms with Crippen LogP contribution in [0.15, 0.2) is 42.4 Å². The molecule has 0 saturated heterocycles. The van der Waals surface area contributed by atoms with Gasteiger partial charge in [-0.05, 0) is 18.2 Å². The van der Waals surface area contributed by atoms with E-state index in [9.17, 15) is 9.59 Å². The highest BCUT2D eigenvalue weighted by Gasteiger charge is 2.17. The maximum atomic E-state index is 11.9. The predicted octanol–water partition coefficient (Wildman–Crippen LogP) is 1.67. The lowest BCUT2D eigenvalue weighted by atomic mass is 10.1. The lowest BCUT2D eigenvalue weighted by molar-refractivity contribution is -0.114. The van der Waals surface area contributed by atoms with Crippen LogP contribution in [-0.2, 0) is 14.3 Å². The maximum absolute atomic E-state index is 11.9. The van der Waals surface area contributed by atoms with E-state index < -0.39 is 0 Å². The van der Waals surface area contributed by atoms with Crippen molar-refractivity contribution in [3.05, 3.63) is 42.4 Å². The summed E-state index contributed by atoms with van der Waals surface area (Å²) in [5.74, 6) is 0.832. The first-order valence-corrected chi connectivity index (χ1v) is 7.82. The molecule has 1 aromatic heterocycles. The zero-order chi connectivity index (χ0) is 18.5. The molecule has 26 heavy (non-hydrogen) atoms. The summed E-state index contributed by atoms with van der Waals surface area (Å²) in [6, 6.07) is 3.43. The number of nitrogens with one attached hydrogen (secondary N) is 1. The van der Waals surface area contributed by atoms with Crippen LogP contribution in [0.4, 0.5) is 5.82 Å². The van der Waals surface area contributed by atoms with Gasteiger partial charge in [0.05, 0.1) is 24.9 Å². The number of anilines is 1. The van der Waals surface area contributed by atoms with E-state index in [1.165, 1.54) is 31.7 Å². The predicted molar refractivity (Wildman–Crippen MR) is 94.3 cm³/mol. The van der Waals surface area contributed by atoms with Crippen LogP contribution in [0.2, 0.25) is 0 Å². The number of ketones is 2. The van der Waals surface area contributed by atoms with Crippen LogP contribution in [-0.4, -0.2) is 49.0 Å². The molecular formula is C18H17N3O5. The van der Waals surface area contributed by atoms with E-state index in [1.807, 2.05) is 0 Å². The fourth-order valence-electron chi connectivity index (χ4n) is 2.41. The summed E-state index contributed by atoms with van der Waals surface area (Å²) < 4.78 is 16.0. The smallest absolute Gasteiger partial charge is 0.202 e. The van der Waals surface area contributed by atoms with Crippen LogP contribution in [0.1, 0.15) is 0 Å². The number of ether oxygens (including phenoxy) is 3. The average molecular weight is 355 g/mol. The molecule has 2 aromatic rings. The van der Waals surface area contributed by atoms with E-state index in [1.54, 1.807) is 19.2 Å². The number of allylic oxidation sites excluding steroid dienone is 3. The molecule has 0 atom stereocenters. The van der Waals surface area contributed by atoms with E-state index in [0.29, 0.717) is 41.4 Å². The molecule has 0 fully saturated rings. The standard InChI is InChI=1S/C18H17N3O5/c1-24-5-6-26-17-9-13-12(8-16(17)25-2)18(20-10-19-13)21-14-7-11(22)3-4-15(14)23/h3-4,7-10H,5-6H2,1-2H3,(H,19,20,21). The minimum atomic E-state index is -0.303. The third-order valence-corrected chi connectivity index (χ3v) is 3.67. The van der Waals surface area contributed by atoms with Gasteiger partial charge in [-0.15, -0.1) is 0 Å². The quantitative estimate of drug-likeness (QED) is 0.591. The van der Waals surface area contributed by atoms with Crippen molar-refractivity contribution in [2.45, 2.75) is 0 Å². The van der Waals surface area contributed by atoms with E-state index in [-0.39, 0.29) is 17.3 Å². The Kier molecular flexibility index (Phi) is 5.23. The fourth-order valence-corrected chi connectivity index (χ4v) is 2.41. The van der Waals surface area contributed by atoms with Gasteiger partial charge < -0.3 is 19.5 Å². The van der Waals surface area contributed by atoms with Crippen molar-refractivity contribution >= 4 is 28.3 Å². The van der Waals surface area contributed by atoms with Crippen molar-refractivity contribution < 1.29 is 23.8 Å². The molecule has 8 heteroatoms. The van der Waals surface area contributed by atoms with Gasteiger partial charge in [0.2, 0.25) is 5.78 Å². The molecule has 0 unspecified atom stereocenters. The Labute approximate surface area is 149 Å². The number of benzene rings is 1. The monoisotopic (exact) mass is 355 g/mol. The van der Waals surface area contributed by atoms with Crippen molar-refractivity contribution in [2.24, 2.45) is 0 Å². The van der Waals surface area contributed by atoms with Crippen molar-refractivity contribution in [3.63, 3.8) is 0 Å². The summed E-state index contributed by atoms with van der Waals surface area (Å²) >= 11 is 0. The van der Waals surface area contributed by atoms with Crippen LogP contribution in [0.25, 0.3) is 10.9 Å². The number of fused-ring (bicyclic) bond motifs is 1. The molecule has 1 heterocycles. The topological polar surface area (TPSA) is 99.6 Å². The molecule has 0 aliphatic heterocycles. The third kappa shape index (κ3) is 3.70. The van der Waals surface area contributed by atoms with E-state index in [4.69, 9.17) is 14.2 Å². The van der Waals surface area contributed by atoms with Gasteiger partial charge in [0.15, 0.2) is 17.3 Å². The summed E-state index contributed by atoms with van der Waals surface area (Å²) in [6.45, 7) is 0.806. The Bertz CT molecular complexity index is 920. The van der Waals surface area contributed by atoms with Gasteiger partial charge >= 0.3 is 0 Å². The molecule has 0 radical (unpaired) electrons. The number of nitrogens with zero attached hydrogens (tertiary/aromatic N) is 2. The SMILES string of the molecule is COCCOc1cc2ncnc(NC3=CC(=O)C=CC3=O)c2cc1OC. The van der Waals surface area contributed by atoms with E-state index in [0.717, 1.165) is 0 Å². The number of hydrogen-bond acceptors (Lipinski definition) is 8. The van der Waals surface area contributed by atoms with Crippen molar-refractivity contribution in [2.75, 3.05) is 32.8 Å². The zero-order valence-corrected chi connectivity index (χ0v) is 14.3. The lowest BCUT2D eigenvalue weighted by Crippen LogP contribution is -2.15. The molecule has 0 saturated carbocycles. The summed E-state index contributed by atoms with van der Waals surface area (Å²) in [7, 11) is 3.12. The van der Waals surface area contributed by atoms with Gasteiger partial charge in [0.25, 0.3) is 0 Å². The van der Waals surface area contributed by atoms with Crippen LogP contribution in [0, 0.1) is 0 Å². The minimum Gasteiger partial charge on any atom is -0.493 e. The van der Waals surface area contributed by atoms with Crippen molar-refractivity contribution in [3.8, 4) is 11.5 Å². The largest absolute Gasteiger partial charge is 0.493 e. The summed E-state index contributed by atoms with van der Waals surface area (Å²) in [4.78, 5) is 31.8. The number of carbonyl (C=O) groups excluding carboxylic acids is 2. The maximum Gasteiger partial charge on any atom is 0.202 e. The highest BCUT2D eigenvalue weighted by atomic mass is 16.5. The summed E-state index contributed by atoms with van der Waals surface area (Å²) in [5, 5.41) is 3.52. The Hall–Kier alpha value is -3.26. The van der Waals surface area contributed by atoms with Crippen LogP contribution < -0.4 is 14.8 Å². The lowest BCUT2D eigenvalue weighted by Gasteiger charge is -2.14. The highest BCUT2D eigenvalue weighted by Crippen LogP contribution is 2.34. The third-order valence-electron chi connectivity index (χ3n) is 3.67. The molecule has 0 spiro atoms. The average Bonchev–Trinajstić information content (AvgIpc) is 2.64. The van der Waals surface area contributed by atoms with Gasteiger partial charge in [-0.3, -0.25) is 9.59 Å². The van der Waals surface area contributed by atoms with Crippen molar-refractivity contribution in [1.29, 1.82) is 0 Å². The van der Waals surface area contributed by atoms with E-state index in [2.05, 4.69) is 15.3 Å². The molecule has 1 aromatic carbocycles. The molecule has 1 N–H and O–H groups in total. The second kappa shape index (κ2) is 7.75. The first-order chi connectivity index (χ1) is 12.6. The number of hydrogen-bond donors (Lipinski definition) is 1. The second-order valence-electron chi connectivity index (χ2n) is 5.37. The molecule has 0 amide bonds. The molecular weight excluding hydrogens is 338 g/mol. The summed E-state index contributed by atoms with van der Waals surface area (Å²) in [5.41, 5.74) is 0.748. The van der Waals surface area contributed by atoms with Gasteiger partial charge in [-0.1, -0.05) is 0 Å². The molecule has 0 bridgehead atoms. The Morgan fingerprint density at radius 3 is 2.65 bits per heavy atom. The molecule has 1 aliphatic carbocycles. The summed E-state index contributed by atoms with van der Waals surface area (Å²) in [6.07, 6.45) is 5.03. The fraction of sp³-hybridized carbons (Fsp3) is 0.222. The molecule has 8 nitrogen and oxygen atoms in total. The van der Waals surface area contributed by atoms with Gasteiger partial charge in [-0.25, -0.2) is 9.97 Å². The molecule has 1 aliphatic rings. The number of rotatable bonds is 7. The minimum absolute atomic E-state index is 0.150. The van der Waals surface area contributed by atoms with E-state index >= 15 is 0 Å².